The van der Waals surface area contributed by atoms with Crippen molar-refractivity contribution in [3.63, 3.8) is 0 Å². The van der Waals surface area contributed by atoms with Gasteiger partial charge in [0.1, 0.15) is 0 Å². The fourth-order valence-corrected chi connectivity index (χ4v) is 3.53. The highest BCUT2D eigenvalue weighted by atomic mass is 32.2. The molecule has 0 atom stereocenters. The van der Waals surface area contributed by atoms with Crippen LogP contribution >= 0.6 is 11.8 Å². The van der Waals surface area contributed by atoms with E-state index in [4.69, 9.17) is 0 Å². The van der Waals surface area contributed by atoms with Gasteiger partial charge in [-0.1, -0.05) is 31.7 Å². The predicted octanol–water partition coefficient (Wildman–Crippen LogP) is 5.09. The number of hydrogen-bond acceptors (Lipinski definition) is 3. The number of aliphatic imine (C=N–C) groups is 1. The van der Waals surface area contributed by atoms with Crippen LogP contribution in [-0.2, 0) is 6.18 Å². The molecular weight excluding hydrogens is 297 g/mol. The molecule has 0 amide bonds. The number of hydrogen-bond donors (Lipinski definition) is 1. The summed E-state index contributed by atoms with van der Waals surface area (Å²) in [5, 5.41) is 3.77. The Balaban J connectivity index is 2.25. The minimum absolute atomic E-state index is 0.0808. The summed E-state index contributed by atoms with van der Waals surface area (Å²) in [6.07, 6.45) is -2.46. The Bertz CT molecular complexity index is 548. The maximum atomic E-state index is 12.8. The van der Waals surface area contributed by atoms with Gasteiger partial charge in [-0.3, -0.25) is 4.99 Å². The molecule has 6 heteroatoms. The molecule has 0 aromatic heterocycles. The lowest BCUT2D eigenvalue weighted by Crippen LogP contribution is -2.24. The Morgan fingerprint density at radius 3 is 2.48 bits per heavy atom. The first-order chi connectivity index (χ1) is 9.79. The Kier molecular flexibility index (Phi) is 4.56. The number of aryl methyl sites for hydroxylation is 1. The minimum atomic E-state index is -4.33. The molecule has 0 spiro atoms. The van der Waals surface area contributed by atoms with Crippen molar-refractivity contribution in [3.05, 3.63) is 29.3 Å². The van der Waals surface area contributed by atoms with E-state index >= 15 is 0 Å². The predicted molar refractivity (Wildman–Crippen MR) is 83.0 cm³/mol. The van der Waals surface area contributed by atoms with Crippen molar-refractivity contribution >= 4 is 22.6 Å². The fraction of sp³-hybridized carbons (Fsp3) is 0.533. The van der Waals surface area contributed by atoms with E-state index < -0.39 is 11.7 Å². The smallest absolute Gasteiger partial charge is 0.335 e. The second kappa shape index (κ2) is 5.91. The molecule has 2 rings (SSSR count). The third kappa shape index (κ3) is 3.54. The summed E-state index contributed by atoms with van der Waals surface area (Å²) in [6.45, 7) is 5.97. The zero-order chi connectivity index (χ0) is 15.7. The average molecular weight is 316 g/mol. The van der Waals surface area contributed by atoms with E-state index in [0.717, 1.165) is 36.3 Å². The van der Waals surface area contributed by atoms with Crippen LogP contribution in [0, 0.1) is 6.92 Å². The number of thioether (sulfide) groups is 1. The van der Waals surface area contributed by atoms with Gasteiger partial charge in [-0.15, -0.1) is 0 Å². The molecule has 1 aromatic carbocycles. The molecule has 1 aliphatic heterocycles. The van der Waals surface area contributed by atoms with Crippen LogP contribution in [0.1, 0.15) is 37.8 Å². The molecule has 0 saturated heterocycles. The summed E-state index contributed by atoms with van der Waals surface area (Å²) < 4.78 is 38.3. The zero-order valence-corrected chi connectivity index (χ0v) is 13.2. The normalized spacial score (nSPS) is 17.7. The third-order valence-electron chi connectivity index (χ3n) is 3.94. The number of anilines is 1. The van der Waals surface area contributed by atoms with E-state index in [1.54, 1.807) is 18.7 Å². The second-order valence-corrected chi connectivity index (χ2v) is 6.25. The number of halogens is 3. The van der Waals surface area contributed by atoms with Crippen molar-refractivity contribution in [2.45, 2.75) is 45.3 Å². The van der Waals surface area contributed by atoms with Crippen LogP contribution in [0.2, 0.25) is 0 Å². The van der Waals surface area contributed by atoms with Crippen LogP contribution in [0.4, 0.5) is 18.9 Å². The lowest BCUT2D eigenvalue weighted by atomic mass is 9.97. The highest BCUT2D eigenvalue weighted by Crippen LogP contribution is 2.36. The van der Waals surface area contributed by atoms with Crippen molar-refractivity contribution in [3.8, 4) is 0 Å². The monoisotopic (exact) mass is 316 g/mol. The molecule has 0 aliphatic carbocycles. The maximum Gasteiger partial charge on any atom is 0.416 e. The SMILES string of the molecule is CCC1(CC)CSC(Nc2cc(C(F)(F)F)ccc2C)=N1. The zero-order valence-electron chi connectivity index (χ0n) is 12.3. The number of alkyl halides is 3. The van der Waals surface area contributed by atoms with Gasteiger partial charge in [0.25, 0.3) is 0 Å². The molecule has 0 radical (unpaired) electrons. The molecule has 0 bridgehead atoms. The van der Waals surface area contributed by atoms with Gasteiger partial charge in [-0.2, -0.15) is 13.2 Å². The van der Waals surface area contributed by atoms with Gasteiger partial charge in [0.05, 0.1) is 11.1 Å². The van der Waals surface area contributed by atoms with Crippen molar-refractivity contribution in [2.24, 2.45) is 4.99 Å². The molecule has 1 aliphatic rings. The minimum Gasteiger partial charge on any atom is -0.335 e. The average Bonchev–Trinajstić information content (AvgIpc) is 2.84. The van der Waals surface area contributed by atoms with Crippen LogP contribution < -0.4 is 5.32 Å². The highest BCUT2D eigenvalue weighted by molar-refractivity contribution is 8.14. The van der Waals surface area contributed by atoms with E-state index in [2.05, 4.69) is 24.2 Å². The van der Waals surface area contributed by atoms with Gasteiger partial charge in [-0.05, 0) is 37.5 Å². The molecular formula is C15H19F3N2S. The van der Waals surface area contributed by atoms with Crippen LogP contribution in [0.25, 0.3) is 0 Å². The number of benzene rings is 1. The summed E-state index contributed by atoms with van der Waals surface area (Å²) in [7, 11) is 0. The molecule has 0 unspecified atom stereocenters. The summed E-state index contributed by atoms with van der Waals surface area (Å²) >= 11 is 1.57. The van der Waals surface area contributed by atoms with E-state index in [1.807, 2.05) is 0 Å². The number of nitrogens with one attached hydrogen (secondary N) is 1. The van der Waals surface area contributed by atoms with Crippen molar-refractivity contribution < 1.29 is 13.2 Å². The fourth-order valence-electron chi connectivity index (χ4n) is 2.21. The summed E-state index contributed by atoms with van der Waals surface area (Å²) in [5.41, 5.74) is 0.523. The molecule has 21 heavy (non-hydrogen) atoms. The Hall–Kier alpha value is -1.17. The lowest BCUT2D eigenvalue weighted by Gasteiger charge is -2.20. The quantitative estimate of drug-likeness (QED) is 0.840. The van der Waals surface area contributed by atoms with Gasteiger partial charge in [0.15, 0.2) is 5.17 Å². The van der Waals surface area contributed by atoms with Crippen molar-refractivity contribution in [1.29, 1.82) is 0 Å². The maximum absolute atomic E-state index is 12.8. The molecule has 1 heterocycles. The first kappa shape index (κ1) is 16.2. The summed E-state index contributed by atoms with van der Waals surface area (Å²) in [6, 6.07) is 3.74. The Labute approximate surface area is 127 Å². The van der Waals surface area contributed by atoms with Crippen LogP contribution in [0.3, 0.4) is 0 Å². The molecule has 1 N–H and O–H groups in total. The summed E-state index contributed by atoms with van der Waals surface area (Å²) in [4.78, 5) is 4.67. The standard InChI is InChI=1S/C15H19F3N2S/c1-4-14(5-2)9-21-13(20-14)19-12-8-11(15(16,17)18)7-6-10(12)3/h6-8H,4-5,9H2,1-3H3,(H,19,20). The molecule has 0 fully saturated rings. The van der Waals surface area contributed by atoms with Gasteiger partial charge >= 0.3 is 6.18 Å². The molecule has 2 nitrogen and oxygen atoms in total. The van der Waals surface area contributed by atoms with E-state index in [-0.39, 0.29) is 5.54 Å². The van der Waals surface area contributed by atoms with Gasteiger partial charge in [-0.25, -0.2) is 0 Å². The number of rotatable bonds is 3. The third-order valence-corrected chi connectivity index (χ3v) is 5.09. The second-order valence-electron chi connectivity index (χ2n) is 5.29. The van der Waals surface area contributed by atoms with Crippen LogP contribution in [-0.4, -0.2) is 16.5 Å². The van der Waals surface area contributed by atoms with E-state index in [1.165, 1.54) is 6.07 Å². The number of amidine groups is 1. The molecule has 0 saturated carbocycles. The van der Waals surface area contributed by atoms with Crippen LogP contribution in [0.5, 0.6) is 0 Å². The van der Waals surface area contributed by atoms with Gasteiger partial charge in [0.2, 0.25) is 0 Å². The first-order valence-electron chi connectivity index (χ1n) is 6.97. The van der Waals surface area contributed by atoms with Gasteiger partial charge in [0, 0.05) is 11.4 Å². The highest BCUT2D eigenvalue weighted by Gasteiger charge is 2.33. The first-order valence-corrected chi connectivity index (χ1v) is 7.96. The Morgan fingerprint density at radius 2 is 1.95 bits per heavy atom. The van der Waals surface area contributed by atoms with E-state index in [0.29, 0.717) is 10.9 Å². The lowest BCUT2D eigenvalue weighted by molar-refractivity contribution is -0.137. The topological polar surface area (TPSA) is 24.4 Å². The summed E-state index contributed by atoms with van der Waals surface area (Å²) in [5.74, 6) is 0.875. The van der Waals surface area contributed by atoms with E-state index in [9.17, 15) is 13.2 Å². The van der Waals surface area contributed by atoms with Crippen molar-refractivity contribution in [1.82, 2.24) is 0 Å². The molecule has 116 valence electrons. The molecule has 1 aromatic rings. The Morgan fingerprint density at radius 1 is 1.29 bits per heavy atom. The van der Waals surface area contributed by atoms with Gasteiger partial charge < -0.3 is 5.32 Å². The van der Waals surface area contributed by atoms with Crippen molar-refractivity contribution in [2.75, 3.05) is 11.1 Å². The largest absolute Gasteiger partial charge is 0.416 e. The number of nitrogens with zero attached hydrogens (tertiary/aromatic N) is 1. The van der Waals surface area contributed by atoms with Crippen LogP contribution in [0.15, 0.2) is 23.2 Å².